The number of amides is 1. The number of para-hydroxylation sites is 1. The predicted octanol–water partition coefficient (Wildman–Crippen LogP) is 5.13. The van der Waals surface area contributed by atoms with Crippen LogP contribution in [0, 0.1) is 17.7 Å². The summed E-state index contributed by atoms with van der Waals surface area (Å²) in [6, 6.07) is 16.7. The van der Waals surface area contributed by atoms with Gasteiger partial charge in [0.05, 0.1) is 11.1 Å². The molecule has 0 radical (unpaired) electrons. The number of aromatic nitrogens is 1. The molecule has 2 aliphatic heterocycles. The molecule has 170 valence electrons. The average molecular weight is 444 g/mol. The summed E-state index contributed by atoms with van der Waals surface area (Å²) in [6.45, 7) is 8.56. The summed E-state index contributed by atoms with van der Waals surface area (Å²) < 4.78 is 13.2. The Morgan fingerprint density at radius 3 is 2.58 bits per heavy atom. The summed E-state index contributed by atoms with van der Waals surface area (Å²) in [7, 11) is 0. The molecule has 1 aromatic heterocycles. The van der Waals surface area contributed by atoms with E-state index in [1.807, 2.05) is 53.4 Å². The van der Waals surface area contributed by atoms with E-state index >= 15 is 0 Å². The van der Waals surface area contributed by atoms with Gasteiger partial charge in [0.2, 0.25) is 0 Å². The number of fused-ring (bicyclic) bond motifs is 1. The van der Waals surface area contributed by atoms with Crippen LogP contribution in [0.2, 0.25) is 0 Å². The van der Waals surface area contributed by atoms with Gasteiger partial charge < -0.3 is 9.80 Å². The Balaban J connectivity index is 1.22. The summed E-state index contributed by atoms with van der Waals surface area (Å²) >= 11 is 0. The number of halogens is 1. The van der Waals surface area contributed by atoms with E-state index in [1.165, 1.54) is 5.56 Å². The van der Waals surface area contributed by atoms with Crippen LogP contribution in [0.3, 0.4) is 0 Å². The van der Waals surface area contributed by atoms with E-state index in [2.05, 4.69) is 16.5 Å². The third-order valence-corrected chi connectivity index (χ3v) is 7.37. The first-order chi connectivity index (χ1) is 16.1. The van der Waals surface area contributed by atoms with Gasteiger partial charge in [0, 0.05) is 31.2 Å². The van der Waals surface area contributed by atoms with Crippen molar-refractivity contribution in [1.82, 2.24) is 14.8 Å². The van der Waals surface area contributed by atoms with Crippen molar-refractivity contribution in [3.63, 3.8) is 0 Å². The number of likely N-dealkylation sites (tertiary alicyclic amines) is 2. The van der Waals surface area contributed by atoms with Crippen LogP contribution in [0.5, 0.6) is 0 Å². The Morgan fingerprint density at radius 1 is 1.06 bits per heavy atom. The van der Waals surface area contributed by atoms with Crippen LogP contribution in [-0.2, 0) is 0 Å². The van der Waals surface area contributed by atoms with Gasteiger partial charge in [-0.25, -0.2) is 4.39 Å². The maximum absolute atomic E-state index is 13.4. The number of rotatable bonds is 5. The van der Waals surface area contributed by atoms with Gasteiger partial charge in [0.1, 0.15) is 5.82 Å². The predicted molar refractivity (Wildman–Crippen MR) is 130 cm³/mol. The zero-order valence-corrected chi connectivity index (χ0v) is 18.9. The third-order valence-electron chi connectivity index (χ3n) is 7.37. The first kappa shape index (κ1) is 21.8. The SMILES string of the molecule is C=CC1CN(C(=O)c2cccc3cccnc23)CC1CN1CCC(c2ccc(F)cc2)CC1. The smallest absolute Gasteiger partial charge is 0.256 e. The fourth-order valence-corrected chi connectivity index (χ4v) is 5.49. The van der Waals surface area contributed by atoms with Gasteiger partial charge in [-0.05, 0) is 73.5 Å². The van der Waals surface area contributed by atoms with Gasteiger partial charge >= 0.3 is 0 Å². The summed E-state index contributed by atoms with van der Waals surface area (Å²) in [5.41, 5.74) is 2.68. The van der Waals surface area contributed by atoms with Crippen LogP contribution < -0.4 is 0 Å². The summed E-state index contributed by atoms with van der Waals surface area (Å²) in [5.74, 6) is 1.07. The minimum Gasteiger partial charge on any atom is -0.338 e. The van der Waals surface area contributed by atoms with Gasteiger partial charge in [-0.2, -0.15) is 0 Å². The van der Waals surface area contributed by atoms with Crippen molar-refractivity contribution in [3.05, 3.63) is 90.4 Å². The molecular formula is C28H30FN3O. The van der Waals surface area contributed by atoms with Gasteiger partial charge in [0.15, 0.2) is 0 Å². The lowest BCUT2D eigenvalue weighted by molar-refractivity contribution is 0.0782. The number of hydrogen-bond donors (Lipinski definition) is 0. The molecule has 2 atom stereocenters. The Morgan fingerprint density at radius 2 is 1.82 bits per heavy atom. The number of hydrogen-bond acceptors (Lipinski definition) is 3. The van der Waals surface area contributed by atoms with Crippen molar-refractivity contribution >= 4 is 16.8 Å². The molecule has 2 saturated heterocycles. The summed E-state index contributed by atoms with van der Waals surface area (Å²) in [4.78, 5) is 22.4. The van der Waals surface area contributed by atoms with Crippen molar-refractivity contribution in [2.75, 3.05) is 32.7 Å². The first-order valence-electron chi connectivity index (χ1n) is 11.9. The molecule has 33 heavy (non-hydrogen) atoms. The summed E-state index contributed by atoms with van der Waals surface area (Å²) in [5, 5.41) is 0.989. The molecule has 4 nitrogen and oxygen atoms in total. The highest BCUT2D eigenvalue weighted by molar-refractivity contribution is 6.05. The van der Waals surface area contributed by atoms with Crippen molar-refractivity contribution in [2.24, 2.45) is 11.8 Å². The highest BCUT2D eigenvalue weighted by Crippen LogP contribution is 2.32. The average Bonchev–Trinajstić information content (AvgIpc) is 3.27. The fraction of sp³-hybridized carbons (Fsp3) is 0.357. The maximum Gasteiger partial charge on any atom is 0.256 e. The highest BCUT2D eigenvalue weighted by atomic mass is 19.1. The fourth-order valence-electron chi connectivity index (χ4n) is 5.49. The van der Waals surface area contributed by atoms with E-state index < -0.39 is 0 Å². The van der Waals surface area contributed by atoms with E-state index in [1.54, 1.807) is 18.3 Å². The molecular weight excluding hydrogens is 413 g/mol. The Hall–Kier alpha value is -3.05. The molecule has 2 fully saturated rings. The largest absolute Gasteiger partial charge is 0.338 e. The van der Waals surface area contributed by atoms with Gasteiger partial charge in [-0.3, -0.25) is 9.78 Å². The summed E-state index contributed by atoms with van der Waals surface area (Å²) in [6.07, 6.45) is 5.93. The molecule has 2 aliphatic rings. The lowest BCUT2D eigenvalue weighted by Crippen LogP contribution is -2.38. The third kappa shape index (κ3) is 4.55. The zero-order valence-electron chi connectivity index (χ0n) is 18.9. The number of piperidine rings is 1. The van der Waals surface area contributed by atoms with Crippen LogP contribution in [0.25, 0.3) is 10.9 Å². The Bertz CT molecular complexity index is 1130. The molecule has 0 saturated carbocycles. The molecule has 0 spiro atoms. The van der Waals surface area contributed by atoms with E-state index in [9.17, 15) is 9.18 Å². The van der Waals surface area contributed by atoms with E-state index in [0.717, 1.165) is 49.9 Å². The highest BCUT2D eigenvalue weighted by Gasteiger charge is 2.36. The van der Waals surface area contributed by atoms with E-state index in [4.69, 9.17) is 0 Å². The monoisotopic (exact) mass is 443 g/mol. The molecule has 2 unspecified atom stereocenters. The molecule has 0 aliphatic carbocycles. The number of benzene rings is 2. The molecule has 5 heteroatoms. The second kappa shape index (κ2) is 9.44. The molecule has 2 aromatic carbocycles. The van der Waals surface area contributed by atoms with Gasteiger partial charge in [-0.15, -0.1) is 6.58 Å². The lowest BCUT2D eigenvalue weighted by atomic mass is 9.88. The second-order valence-corrected chi connectivity index (χ2v) is 9.38. The quantitative estimate of drug-likeness (QED) is 0.513. The van der Waals surface area contributed by atoms with E-state index in [0.29, 0.717) is 29.9 Å². The molecule has 0 bridgehead atoms. The minimum absolute atomic E-state index is 0.0590. The van der Waals surface area contributed by atoms with Crippen molar-refractivity contribution in [1.29, 1.82) is 0 Å². The van der Waals surface area contributed by atoms with Crippen molar-refractivity contribution < 1.29 is 9.18 Å². The van der Waals surface area contributed by atoms with E-state index in [-0.39, 0.29) is 11.7 Å². The molecule has 0 N–H and O–H groups in total. The molecule has 1 amide bonds. The number of nitrogens with zero attached hydrogens (tertiary/aromatic N) is 3. The zero-order chi connectivity index (χ0) is 22.8. The van der Waals surface area contributed by atoms with Crippen LogP contribution in [0.4, 0.5) is 4.39 Å². The first-order valence-corrected chi connectivity index (χ1v) is 11.9. The van der Waals surface area contributed by atoms with Gasteiger partial charge in [-0.1, -0.05) is 36.4 Å². The van der Waals surface area contributed by atoms with Crippen LogP contribution >= 0.6 is 0 Å². The molecule has 3 aromatic rings. The van der Waals surface area contributed by atoms with Crippen LogP contribution in [0.1, 0.15) is 34.7 Å². The molecule has 3 heterocycles. The van der Waals surface area contributed by atoms with Crippen LogP contribution in [0.15, 0.2) is 73.4 Å². The molecule has 5 rings (SSSR count). The number of carbonyl (C=O) groups excluding carboxylic acids is 1. The Labute approximate surface area is 194 Å². The van der Waals surface area contributed by atoms with Crippen molar-refractivity contribution in [3.8, 4) is 0 Å². The van der Waals surface area contributed by atoms with Crippen LogP contribution in [-0.4, -0.2) is 53.4 Å². The standard InChI is InChI=1S/C28H30FN3O/c1-2-20-18-32(28(33)26-7-3-5-23-6-4-14-30-27(23)26)19-24(20)17-31-15-12-22(13-16-31)21-8-10-25(29)11-9-21/h2-11,14,20,22,24H,1,12-13,15-19H2. The topological polar surface area (TPSA) is 36.4 Å². The van der Waals surface area contributed by atoms with Crippen molar-refractivity contribution in [2.45, 2.75) is 18.8 Å². The maximum atomic E-state index is 13.4. The second-order valence-electron chi connectivity index (χ2n) is 9.38. The Kier molecular flexibility index (Phi) is 6.23. The number of pyridine rings is 1. The van der Waals surface area contributed by atoms with Gasteiger partial charge in [0.25, 0.3) is 5.91 Å². The number of carbonyl (C=O) groups is 1. The minimum atomic E-state index is -0.175. The lowest BCUT2D eigenvalue weighted by Gasteiger charge is -2.34. The normalized spacial score (nSPS) is 22.0.